The predicted octanol–water partition coefficient (Wildman–Crippen LogP) is 2.06. The molecule has 0 aromatic rings. The van der Waals surface area contributed by atoms with E-state index in [1.165, 1.54) is 19.3 Å². The summed E-state index contributed by atoms with van der Waals surface area (Å²) in [5, 5.41) is 0. The van der Waals surface area contributed by atoms with Crippen LogP contribution in [0.1, 0.15) is 39.5 Å². The lowest BCUT2D eigenvalue weighted by atomic mass is 9.82. The van der Waals surface area contributed by atoms with Crippen molar-refractivity contribution >= 4 is 10.5 Å². The zero-order valence-corrected chi connectivity index (χ0v) is 10.7. The third-order valence-corrected chi connectivity index (χ3v) is 2.88. The zero-order chi connectivity index (χ0) is 9.45. The van der Waals surface area contributed by atoms with E-state index in [4.69, 9.17) is 4.43 Å². The molecule has 1 nitrogen and oxygen atoms in total. The van der Waals surface area contributed by atoms with Gasteiger partial charge in [0.15, 0.2) is 0 Å². The van der Waals surface area contributed by atoms with Crippen molar-refractivity contribution in [1.29, 1.82) is 0 Å². The SMILES string of the molecule is C=CC(C)(CCCC)CCO[SiH3]. The quantitative estimate of drug-likeness (QED) is 0.437. The maximum atomic E-state index is 5.21. The van der Waals surface area contributed by atoms with Crippen LogP contribution < -0.4 is 0 Å². The fourth-order valence-corrected chi connectivity index (χ4v) is 1.45. The number of rotatable bonds is 7. The van der Waals surface area contributed by atoms with Gasteiger partial charge in [-0.05, 0) is 18.3 Å². The van der Waals surface area contributed by atoms with E-state index >= 15 is 0 Å². The van der Waals surface area contributed by atoms with E-state index in [-0.39, 0.29) is 0 Å². The summed E-state index contributed by atoms with van der Waals surface area (Å²) in [5.74, 6) is 0. The van der Waals surface area contributed by atoms with Crippen LogP contribution in [-0.2, 0) is 4.43 Å². The molecule has 1 unspecified atom stereocenters. The molecule has 0 aromatic heterocycles. The second kappa shape index (κ2) is 6.43. The monoisotopic (exact) mass is 186 g/mol. The molecule has 0 N–H and O–H groups in total. The third-order valence-electron chi connectivity index (χ3n) is 2.47. The molecule has 0 spiro atoms. The van der Waals surface area contributed by atoms with Crippen molar-refractivity contribution in [3.63, 3.8) is 0 Å². The molecule has 0 saturated heterocycles. The Balaban J connectivity index is 3.78. The molecule has 0 aliphatic carbocycles. The molecule has 0 aromatic carbocycles. The van der Waals surface area contributed by atoms with Crippen LogP contribution in [0.2, 0.25) is 0 Å². The maximum absolute atomic E-state index is 5.21. The Hall–Kier alpha value is -0.0831. The van der Waals surface area contributed by atoms with E-state index in [0.717, 1.165) is 23.5 Å². The van der Waals surface area contributed by atoms with Crippen molar-refractivity contribution in [3.8, 4) is 0 Å². The molecular formula is C10H22OSi. The molecule has 12 heavy (non-hydrogen) atoms. The lowest BCUT2D eigenvalue weighted by Gasteiger charge is -2.25. The minimum Gasteiger partial charge on any atom is -0.428 e. The van der Waals surface area contributed by atoms with Gasteiger partial charge < -0.3 is 4.43 Å². The minimum atomic E-state index is 0.306. The summed E-state index contributed by atoms with van der Waals surface area (Å²) >= 11 is 0. The summed E-state index contributed by atoms with van der Waals surface area (Å²) in [5.41, 5.74) is 0.306. The average Bonchev–Trinajstić information content (AvgIpc) is 2.11. The molecule has 72 valence electrons. The van der Waals surface area contributed by atoms with Crippen molar-refractivity contribution in [2.24, 2.45) is 5.41 Å². The van der Waals surface area contributed by atoms with E-state index in [1.807, 2.05) is 0 Å². The van der Waals surface area contributed by atoms with Crippen molar-refractivity contribution < 1.29 is 4.43 Å². The molecule has 2 heteroatoms. The van der Waals surface area contributed by atoms with Crippen molar-refractivity contribution in [3.05, 3.63) is 12.7 Å². The Kier molecular flexibility index (Phi) is 6.39. The van der Waals surface area contributed by atoms with Gasteiger partial charge in [-0.2, -0.15) is 0 Å². The first-order chi connectivity index (χ1) is 5.68. The highest BCUT2D eigenvalue weighted by Gasteiger charge is 2.18. The number of hydrogen-bond acceptors (Lipinski definition) is 1. The maximum Gasteiger partial charge on any atom is 0.145 e. The van der Waals surface area contributed by atoms with Crippen molar-refractivity contribution in [2.45, 2.75) is 39.5 Å². The van der Waals surface area contributed by atoms with E-state index in [9.17, 15) is 0 Å². The Morgan fingerprint density at radius 2 is 2.17 bits per heavy atom. The number of unbranched alkanes of at least 4 members (excludes halogenated alkanes) is 1. The standard InChI is InChI=1S/C10H22OSi/c1-4-6-7-10(3,5-2)8-9-11-12/h5H,2,4,6-9H2,1,3,12H3. The van der Waals surface area contributed by atoms with Gasteiger partial charge in [0.25, 0.3) is 0 Å². The Labute approximate surface area is 79.7 Å². The summed E-state index contributed by atoms with van der Waals surface area (Å²) in [6, 6.07) is 0. The van der Waals surface area contributed by atoms with Crippen molar-refractivity contribution in [1.82, 2.24) is 0 Å². The highest BCUT2D eigenvalue weighted by molar-refractivity contribution is 5.97. The first-order valence-corrected chi connectivity index (χ1v) is 5.62. The third kappa shape index (κ3) is 4.73. The Bertz CT molecular complexity index is 115. The fourth-order valence-electron chi connectivity index (χ4n) is 1.24. The molecule has 0 fully saturated rings. The smallest absolute Gasteiger partial charge is 0.145 e. The molecule has 0 rings (SSSR count). The molecular weight excluding hydrogens is 164 g/mol. The number of allylic oxidation sites excluding steroid dienone is 1. The highest BCUT2D eigenvalue weighted by atomic mass is 28.2. The van der Waals surface area contributed by atoms with Crippen molar-refractivity contribution in [2.75, 3.05) is 6.61 Å². The van der Waals surface area contributed by atoms with E-state index in [1.54, 1.807) is 0 Å². The van der Waals surface area contributed by atoms with E-state index < -0.39 is 0 Å². The summed E-state index contributed by atoms with van der Waals surface area (Å²) in [6.45, 7) is 9.30. The molecule has 0 aliphatic rings. The van der Waals surface area contributed by atoms with Gasteiger partial charge in [0, 0.05) is 6.61 Å². The molecule has 1 atom stereocenters. The Morgan fingerprint density at radius 1 is 1.50 bits per heavy atom. The summed E-state index contributed by atoms with van der Waals surface area (Å²) in [7, 11) is 0.856. The van der Waals surface area contributed by atoms with Gasteiger partial charge in [0.2, 0.25) is 0 Å². The summed E-state index contributed by atoms with van der Waals surface area (Å²) < 4.78 is 5.21. The summed E-state index contributed by atoms with van der Waals surface area (Å²) in [4.78, 5) is 0. The largest absolute Gasteiger partial charge is 0.428 e. The Morgan fingerprint density at radius 3 is 2.58 bits per heavy atom. The van der Waals surface area contributed by atoms with Gasteiger partial charge in [-0.1, -0.05) is 32.8 Å². The van der Waals surface area contributed by atoms with E-state index in [2.05, 4.69) is 26.5 Å². The van der Waals surface area contributed by atoms with Gasteiger partial charge in [-0.25, -0.2) is 0 Å². The lowest BCUT2D eigenvalue weighted by Crippen LogP contribution is -2.15. The lowest BCUT2D eigenvalue weighted by molar-refractivity contribution is 0.251. The van der Waals surface area contributed by atoms with E-state index in [0.29, 0.717) is 5.41 Å². The van der Waals surface area contributed by atoms with Gasteiger partial charge in [0.1, 0.15) is 10.5 Å². The van der Waals surface area contributed by atoms with Gasteiger partial charge in [-0.3, -0.25) is 0 Å². The molecule has 0 bridgehead atoms. The minimum absolute atomic E-state index is 0.306. The van der Waals surface area contributed by atoms with Gasteiger partial charge in [-0.15, -0.1) is 6.58 Å². The summed E-state index contributed by atoms with van der Waals surface area (Å²) in [6.07, 6.45) is 7.02. The normalized spacial score (nSPS) is 15.8. The number of hydrogen-bond donors (Lipinski definition) is 0. The van der Waals surface area contributed by atoms with Crippen LogP contribution in [0.4, 0.5) is 0 Å². The highest BCUT2D eigenvalue weighted by Crippen LogP contribution is 2.29. The van der Waals surface area contributed by atoms with Crippen LogP contribution in [0, 0.1) is 5.41 Å². The average molecular weight is 186 g/mol. The first kappa shape index (κ1) is 11.9. The molecule has 0 heterocycles. The second-order valence-electron chi connectivity index (χ2n) is 3.70. The second-order valence-corrected chi connectivity index (χ2v) is 4.28. The molecule has 0 radical (unpaired) electrons. The van der Waals surface area contributed by atoms with Crippen LogP contribution in [-0.4, -0.2) is 17.1 Å². The van der Waals surface area contributed by atoms with Crippen LogP contribution in [0.5, 0.6) is 0 Å². The van der Waals surface area contributed by atoms with Crippen LogP contribution in [0.15, 0.2) is 12.7 Å². The predicted molar refractivity (Wildman–Crippen MR) is 58.3 cm³/mol. The fraction of sp³-hybridized carbons (Fsp3) is 0.800. The molecule has 0 saturated carbocycles. The first-order valence-electron chi connectivity index (χ1n) is 4.81. The molecule has 0 aliphatic heterocycles. The zero-order valence-electron chi connectivity index (χ0n) is 8.73. The van der Waals surface area contributed by atoms with Crippen LogP contribution >= 0.6 is 0 Å². The topological polar surface area (TPSA) is 9.23 Å². The molecule has 0 amide bonds. The van der Waals surface area contributed by atoms with Gasteiger partial charge >= 0.3 is 0 Å². The van der Waals surface area contributed by atoms with Gasteiger partial charge in [0.05, 0.1) is 0 Å². The van der Waals surface area contributed by atoms with Crippen LogP contribution in [0.25, 0.3) is 0 Å². The van der Waals surface area contributed by atoms with Crippen LogP contribution in [0.3, 0.4) is 0 Å².